The lowest BCUT2D eigenvalue weighted by Gasteiger charge is -2.24. The first-order chi connectivity index (χ1) is 9.79. The summed E-state index contributed by atoms with van der Waals surface area (Å²) in [5.41, 5.74) is 2.10. The molecule has 0 bridgehead atoms. The standard InChI is InChI=1S/C17H27NO3/c1-6-18-14(11-15(19)21-5)16(20)12-7-9-13(10-8-12)17(2,3)4/h7-10,14,16,18,20H,6,11H2,1-5H3. The molecular formula is C17H27NO3. The molecule has 1 rings (SSSR count). The predicted octanol–water partition coefficient (Wildman–Crippen LogP) is 2.56. The van der Waals surface area contributed by atoms with Gasteiger partial charge in [0.05, 0.1) is 19.6 Å². The third-order valence-electron chi connectivity index (χ3n) is 3.58. The molecule has 0 spiro atoms. The Hall–Kier alpha value is -1.39. The third-order valence-corrected chi connectivity index (χ3v) is 3.58. The van der Waals surface area contributed by atoms with Crippen molar-refractivity contribution in [3.63, 3.8) is 0 Å². The molecule has 4 heteroatoms. The number of esters is 1. The van der Waals surface area contributed by atoms with Crippen LogP contribution >= 0.6 is 0 Å². The van der Waals surface area contributed by atoms with E-state index in [4.69, 9.17) is 0 Å². The van der Waals surface area contributed by atoms with Crippen LogP contribution in [0.3, 0.4) is 0 Å². The molecule has 0 saturated carbocycles. The zero-order valence-electron chi connectivity index (χ0n) is 13.6. The van der Waals surface area contributed by atoms with Gasteiger partial charge < -0.3 is 15.2 Å². The molecule has 0 radical (unpaired) electrons. The summed E-state index contributed by atoms with van der Waals surface area (Å²) in [6, 6.07) is 7.56. The zero-order chi connectivity index (χ0) is 16.0. The number of carbonyl (C=O) groups is 1. The molecule has 0 saturated heterocycles. The SMILES string of the molecule is CCNC(CC(=O)OC)C(O)c1ccc(C(C)(C)C)cc1. The van der Waals surface area contributed by atoms with E-state index in [0.29, 0.717) is 6.54 Å². The van der Waals surface area contributed by atoms with Gasteiger partial charge >= 0.3 is 5.97 Å². The van der Waals surface area contributed by atoms with Crippen LogP contribution in [-0.4, -0.2) is 30.8 Å². The molecular weight excluding hydrogens is 266 g/mol. The summed E-state index contributed by atoms with van der Waals surface area (Å²) >= 11 is 0. The second kappa shape index (κ2) is 7.57. The average Bonchev–Trinajstić information content (AvgIpc) is 2.45. The number of hydrogen-bond donors (Lipinski definition) is 2. The van der Waals surface area contributed by atoms with Gasteiger partial charge in [0.2, 0.25) is 0 Å². The molecule has 118 valence electrons. The first-order valence-corrected chi connectivity index (χ1v) is 7.38. The Kier molecular flexibility index (Phi) is 6.37. The number of aliphatic hydroxyl groups is 1. The minimum Gasteiger partial charge on any atom is -0.469 e. The monoisotopic (exact) mass is 293 g/mol. The predicted molar refractivity (Wildman–Crippen MR) is 84.2 cm³/mol. The maximum absolute atomic E-state index is 11.4. The van der Waals surface area contributed by atoms with Crippen LogP contribution < -0.4 is 5.32 Å². The van der Waals surface area contributed by atoms with Crippen LogP contribution in [0.25, 0.3) is 0 Å². The van der Waals surface area contributed by atoms with Crippen molar-refractivity contribution in [1.29, 1.82) is 0 Å². The lowest BCUT2D eigenvalue weighted by molar-refractivity contribution is -0.142. The molecule has 2 atom stereocenters. The number of carbonyl (C=O) groups excluding carboxylic acids is 1. The zero-order valence-corrected chi connectivity index (χ0v) is 13.6. The van der Waals surface area contributed by atoms with E-state index in [1.807, 2.05) is 31.2 Å². The Bertz CT molecular complexity index is 448. The number of likely N-dealkylation sites (N-methyl/N-ethyl adjacent to an activating group) is 1. The van der Waals surface area contributed by atoms with Gasteiger partial charge in [0, 0.05) is 6.04 Å². The van der Waals surface area contributed by atoms with Crippen molar-refractivity contribution in [3.05, 3.63) is 35.4 Å². The summed E-state index contributed by atoms with van der Waals surface area (Å²) in [6.45, 7) is 9.07. The topological polar surface area (TPSA) is 58.6 Å². The smallest absolute Gasteiger partial charge is 0.307 e. The highest BCUT2D eigenvalue weighted by Gasteiger charge is 2.24. The Labute approximate surface area is 127 Å². The molecule has 0 heterocycles. The maximum Gasteiger partial charge on any atom is 0.307 e. The summed E-state index contributed by atoms with van der Waals surface area (Å²) < 4.78 is 4.69. The van der Waals surface area contributed by atoms with E-state index < -0.39 is 6.10 Å². The molecule has 0 amide bonds. The number of rotatable bonds is 6. The molecule has 0 aliphatic carbocycles. The highest BCUT2D eigenvalue weighted by molar-refractivity contribution is 5.70. The maximum atomic E-state index is 11.4. The molecule has 21 heavy (non-hydrogen) atoms. The van der Waals surface area contributed by atoms with Crippen LogP contribution in [0.15, 0.2) is 24.3 Å². The highest BCUT2D eigenvalue weighted by Crippen LogP contribution is 2.25. The number of nitrogens with one attached hydrogen (secondary N) is 1. The second-order valence-electron chi connectivity index (χ2n) is 6.26. The normalized spacial score (nSPS) is 14.6. The number of benzene rings is 1. The largest absolute Gasteiger partial charge is 0.469 e. The molecule has 0 aliphatic heterocycles. The molecule has 1 aromatic rings. The van der Waals surface area contributed by atoms with Gasteiger partial charge in [0.1, 0.15) is 0 Å². The number of methoxy groups -OCH3 is 1. The summed E-state index contributed by atoms with van der Waals surface area (Å²) in [7, 11) is 1.36. The molecule has 2 unspecified atom stereocenters. The van der Waals surface area contributed by atoms with Gasteiger partial charge in [-0.2, -0.15) is 0 Å². The average molecular weight is 293 g/mol. The molecule has 2 N–H and O–H groups in total. The van der Waals surface area contributed by atoms with E-state index in [9.17, 15) is 9.90 Å². The van der Waals surface area contributed by atoms with E-state index in [1.54, 1.807) is 0 Å². The summed E-state index contributed by atoms with van der Waals surface area (Å²) in [5.74, 6) is -0.327. The first kappa shape index (κ1) is 17.7. The molecule has 0 fully saturated rings. The number of aliphatic hydroxyl groups excluding tert-OH is 1. The van der Waals surface area contributed by atoms with Crippen molar-refractivity contribution in [2.75, 3.05) is 13.7 Å². The summed E-state index contributed by atoms with van der Waals surface area (Å²) in [5, 5.41) is 13.6. The lowest BCUT2D eigenvalue weighted by atomic mass is 9.86. The van der Waals surface area contributed by atoms with Gasteiger partial charge in [-0.15, -0.1) is 0 Å². The van der Waals surface area contributed by atoms with E-state index >= 15 is 0 Å². The molecule has 0 aromatic heterocycles. The fraction of sp³-hybridized carbons (Fsp3) is 0.588. The minimum atomic E-state index is -0.738. The first-order valence-electron chi connectivity index (χ1n) is 7.38. The van der Waals surface area contributed by atoms with Crippen molar-refractivity contribution < 1.29 is 14.6 Å². The van der Waals surface area contributed by atoms with Gasteiger partial charge in [-0.1, -0.05) is 52.0 Å². The van der Waals surface area contributed by atoms with Crippen molar-refractivity contribution in [2.45, 2.75) is 51.7 Å². The molecule has 0 aliphatic rings. The fourth-order valence-corrected chi connectivity index (χ4v) is 2.23. The lowest BCUT2D eigenvalue weighted by Crippen LogP contribution is -2.37. The van der Waals surface area contributed by atoms with Gasteiger partial charge in [0.15, 0.2) is 0 Å². The van der Waals surface area contributed by atoms with Gasteiger partial charge in [-0.05, 0) is 23.1 Å². The van der Waals surface area contributed by atoms with Crippen LogP contribution in [0.5, 0.6) is 0 Å². The van der Waals surface area contributed by atoms with Crippen LogP contribution in [0.1, 0.15) is 51.3 Å². The second-order valence-corrected chi connectivity index (χ2v) is 6.26. The minimum absolute atomic E-state index is 0.0799. The van der Waals surface area contributed by atoms with Crippen LogP contribution in [-0.2, 0) is 14.9 Å². The quantitative estimate of drug-likeness (QED) is 0.791. The van der Waals surface area contributed by atoms with E-state index in [1.165, 1.54) is 12.7 Å². The van der Waals surface area contributed by atoms with Crippen molar-refractivity contribution in [2.24, 2.45) is 0 Å². The Morgan fingerprint density at radius 3 is 2.29 bits per heavy atom. The Morgan fingerprint density at radius 2 is 1.86 bits per heavy atom. The highest BCUT2D eigenvalue weighted by atomic mass is 16.5. The summed E-state index contributed by atoms with van der Waals surface area (Å²) in [6.07, 6.45) is -0.593. The van der Waals surface area contributed by atoms with E-state index in [-0.39, 0.29) is 23.8 Å². The van der Waals surface area contributed by atoms with Gasteiger partial charge in [-0.25, -0.2) is 0 Å². The summed E-state index contributed by atoms with van der Waals surface area (Å²) in [4.78, 5) is 11.4. The number of ether oxygens (including phenoxy) is 1. The van der Waals surface area contributed by atoms with Crippen LogP contribution in [0, 0.1) is 0 Å². The van der Waals surface area contributed by atoms with E-state index in [2.05, 4.69) is 30.8 Å². The van der Waals surface area contributed by atoms with Crippen molar-refractivity contribution in [1.82, 2.24) is 5.32 Å². The Balaban J connectivity index is 2.88. The van der Waals surface area contributed by atoms with Gasteiger partial charge in [-0.3, -0.25) is 4.79 Å². The van der Waals surface area contributed by atoms with E-state index in [0.717, 1.165) is 5.56 Å². The van der Waals surface area contributed by atoms with Gasteiger partial charge in [0.25, 0.3) is 0 Å². The van der Waals surface area contributed by atoms with Crippen molar-refractivity contribution in [3.8, 4) is 0 Å². The molecule has 4 nitrogen and oxygen atoms in total. The molecule has 1 aromatic carbocycles. The van der Waals surface area contributed by atoms with Crippen LogP contribution in [0.4, 0.5) is 0 Å². The Morgan fingerprint density at radius 1 is 1.29 bits per heavy atom. The van der Waals surface area contributed by atoms with Crippen molar-refractivity contribution >= 4 is 5.97 Å². The third kappa shape index (κ3) is 5.14. The fourth-order valence-electron chi connectivity index (χ4n) is 2.23. The number of hydrogen-bond acceptors (Lipinski definition) is 4. The van der Waals surface area contributed by atoms with Crippen LogP contribution in [0.2, 0.25) is 0 Å².